The molecule has 9 heteroatoms. The number of amides is 1. The highest BCUT2D eigenvalue weighted by molar-refractivity contribution is 6.39. The molecule has 0 fully saturated rings. The lowest BCUT2D eigenvalue weighted by Gasteiger charge is -2.15. The Morgan fingerprint density at radius 3 is 2.21 bits per heavy atom. The van der Waals surface area contributed by atoms with Crippen molar-refractivity contribution < 1.29 is 23.7 Å². The lowest BCUT2D eigenvalue weighted by atomic mass is 10.0. The van der Waals surface area contributed by atoms with Crippen LogP contribution in [0.3, 0.4) is 0 Å². The molecule has 5 rings (SSSR count). The van der Waals surface area contributed by atoms with Gasteiger partial charge in [-0.25, -0.2) is 0 Å². The van der Waals surface area contributed by atoms with E-state index in [0.29, 0.717) is 50.8 Å². The third-order valence-electron chi connectivity index (χ3n) is 6.67. The third-order valence-corrected chi connectivity index (χ3v) is 7.31. The van der Waals surface area contributed by atoms with Gasteiger partial charge >= 0.3 is 0 Å². The number of carbonyl (C=O) groups excluding carboxylic acids is 1. The standard InChI is InChI=1S/C29H26Cl2N2O5/c1-15-8-23-19(13-24(15)35-2)20(12-21-18-11-17(30)6-7-22(18)32-29(21)34)28(31)33(23)14-16-9-25(36-3)27(38-5)26(10-16)37-4/h6-13H,14H2,1-5H3,(H,32,34)/b21-12+. The number of carbonyl (C=O) groups is 1. The van der Waals surface area contributed by atoms with E-state index in [1.807, 2.05) is 41.8 Å². The summed E-state index contributed by atoms with van der Waals surface area (Å²) < 4.78 is 24.2. The molecule has 0 saturated carbocycles. The van der Waals surface area contributed by atoms with E-state index in [9.17, 15) is 4.79 Å². The van der Waals surface area contributed by atoms with Crippen molar-refractivity contribution >= 4 is 57.3 Å². The van der Waals surface area contributed by atoms with Gasteiger partial charge in [-0.2, -0.15) is 0 Å². The molecule has 0 bridgehead atoms. The number of halogens is 2. The zero-order valence-corrected chi connectivity index (χ0v) is 23.1. The largest absolute Gasteiger partial charge is 0.496 e. The molecule has 0 atom stereocenters. The number of hydrogen-bond acceptors (Lipinski definition) is 5. The molecular weight excluding hydrogens is 527 g/mol. The number of ether oxygens (including phenoxy) is 4. The predicted molar refractivity (Wildman–Crippen MR) is 151 cm³/mol. The SMILES string of the molecule is COc1cc2c(/C=C3/C(=O)Nc4ccc(Cl)cc43)c(Cl)n(Cc3cc(OC)c(OC)c(OC)c3)c2cc1C. The summed E-state index contributed by atoms with van der Waals surface area (Å²) >= 11 is 13.3. The molecule has 0 unspecified atom stereocenters. The molecule has 3 aromatic carbocycles. The minimum absolute atomic E-state index is 0.220. The predicted octanol–water partition coefficient (Wildman–Crippen LogP) is 6.83. The van der Waals surface area contributed by atoms with Crippen molar-refractivity contribution in [2.75, 3.05) is 33.8 Å². The Hall–Kier alpha value is -3.81. The fourth-order valence-electron chi connectivity index (χ4n) is 4.84. The van der Waals surface area contributed by atoms with Crippen LogP contribution in [-0.4, -0.2) is 38.9 Å². The summed E-state index contributed by atoms with van der Waals surface area (Å²) in [6.45, 7) is 2.39. The van der Waals surface area contributed by atoms with Gasteiger partial charge in [-0.15, -0.1) is 0 Å². The number of aromatic nitrogens is 1. The van der Waals surface area contributed by atoms with Gasteiger partial charge in [0.2, 0.25) is 5.75 Å². The highest BCUT2D eigenvalue weighted by Crippen LogP contribution is 2.42. The maximum Gasteiger partial charge on any atom is 0.256 e. The maximum atomic E-state index is 12.9. The second-order valence-corrected chi connectivity index (χ2v) is 9.66. The van der Waals surface area contributed by atoms with Gasteiger partial charge in [0.1, 0.15) is 10.9 Å². The van der Waals surface area contributed by atoms with Crippen molar-refractivity contribution in [3.05, 3.63) is 74.9 Å². The second-order valence-electron chi connectivity index (χ2n) is 8.87. The summed E-state index contributed by atoms with van der Waals surface area (Å²) in [7, 11) is 6.35. The molecule has 1 amide bonds. The number of aryl methyl sites for hydroxylation is 1. The van der Waals surface area contributed by atoms with Crippen LogP contribution in [0.2, 0.25) is 10.2 Å². The van der Waals surface area contributed by atoms with Gasteiger partial charge in [0.05, 0.1) is 34.0 Å². The van der Waals surface area contributed by atoms with E-state index in [4.69, 9.17) is 42.1 Å². The number of benzene rings is 3. The van der Waals surface area contributed by atoms with Crippen molar-refractivity contribution in [3.63, 3.8) is 0 Å². The van der Waals surface area contributed by atoms with Crippen LogP contribution in [0.4, 0.5) is 5.69 Å². The lowest BCUT2D eigenvalue weighted by molar-refractivity contribution is -0.110. The van der Waals surface area contributed by atoms with Crippen molar-refractivity contribution in [2.45, 2.75) is 13.5 Å². The molecule has 7 nitrogen and oxygen atoms in total. The van der Waals surface area contributed by atoms with Crippen LogP contribution in [0, 0.1) is 6.92 Å². The first-order valence-electron chi connectivity index (χ1n) is 11.8. The molecule has 0 spiro atoms. The van der Waals surface area contributed by atoms with E-state index in [-0.39, 0.29) is 5.91 Å². The van der Waals surface area contributed by atoms with Gasteiger partial charge in [0.15, 0.2) is 11.5 Å². The van der Waals surface area contributed by atoms with Gasteiger partial charge in [0.25, 0.3) is 5.91 Å². The quantitative estimate of drug-likeness (QED) is 0.254. The van der Waals surface area contributed by atoms with Crippen LogP contribution < -0.4 is 24.3 Å². The maximum absolute atomic E-state index is 12.9. The van der Waals surface area contributed by atoms with Crippen molar-refractivity contribution in [1.29, 1.82) is 0 Å². The van der Waals surface area contributed by atoms with Crippen LogP contribution in [0.1, 0.15) is 22.3 Å². The van der Waals surface area contributed by atoms with E-state index in [1.165, 1.54) is 0 Å². The first kappa shape index (κ1) is 25.8. The summed E-state index contributed by atoms with van der Waals surface area (Å²) in [6, 6.07) is 13.1. The first-order chi connectivity index (χ1) is 18.3. The summed E-state index contributed by atoms with van der Waals surface area (Å²) in [5.74, 6) is 2.11. The Balaban J connectivity index is 1.72. The third kappa shape index (κ3) is 4.31. The van der Waals surface area contributed by atoms with Gasteiger partial charge in [0, 0.05) is 39.3 Å². The summed E-state index contributed by atoms with van der Waals surface area (Å²) in [5, 5.41) is 4.76. The molecule has 1 aliphatic rings. The van der Waals surface area contributed by atoms with E-state index in [0.717, 1.165) is 33.3 Å². The zero-order chi connectivity index (χ0) is 27.1. The minimum atomic E-state index is -0.220. The number of fused-ring (bicyclic) bond motifs is 2. The smallest absolute Gasteiger partial charge is 0.256 e. The van der Waals surface area contributed by atoms with E-state index in [1.54, 1.807) is 46.6 Å². The van der Waals surface area contributed by atoms with Crippen LogP contribution >= 0.6 is 23.2 Å². The van der Waals surface area contributed by atoms with Crippen molar-refractivity contribution in [2.24, 2.45) is 0 Å². The van der Waals surface area contributed by atoms with Gasteiger partial charge in [-0.3, -0.25) is 4.79 Å². The molecule has 1 N–H and O–H groups in total. The molecule has 2 heterocycles. The summed E-state index contributed by atoms with van der Waals surface area (Å²) in [6.07, 6.45) is 1.81. The highest BCUT2D eigenvalue weighted by atomic mass is 35.5. The van der Waals surface area contributed by atoms with E-state index in [2.05, 4.69) is 5.32 Å². The molecule has 0 radical (unpaired) electrons. The molecule has 1 aliphatic heterocycles. The van der Waals surface area contributed by atoms with Gasteiger partial charge < -0.3 is 28.8 Å². The lowest BCUT2D eigenvalue weighted by Crippen LogP contribution is -2.04. The Kier molecular flexibility index (Phi) is 6.90. The number of rotatable bonds is 7. The van der Waals surface area contributed by atoms with Crippen LogP contribution in [0.25, 0.3) is 22.6 Å². The van der Waals surface area contributed by atoms with E-state index < -0.39 is 0 Å². The minimum Gasteiger partial charge on any atom is -0.496 e. The molecule has 0 saturated heterocycles. The zero-order valence-electron chi connectivity index (χ0n) is 21.6. The number of hydrogen-bond donors (Lipinski definition) is 1. The second kappa shape index (κ2) is 10.2. The Morgan fingerprint density at radius 2 is 1.58 bits per heavy atom. The Morgan fingerprint density at radius 1 is 0.895 bits per heavy atom. The number of anilines is 1. The normalized spacial score (nSPS) is 13.6. The molecule has 4 aromatic rings. The molecule has 0 aliphatic carbocycles. The highest BCUT2D eigenvalue weighted by Gasteiger charge is 2.26. The van der Waals surface area contributed by atoms with Gasteiger partial charge in [-0.1, -0.05) is 23.2 Å². The topological polar surface area (TPSA) is 71.0 Å². The summed E-state index contributed by atoms with van der Waals surface area (Å²) in [5.41, 5.74) is 5.34. The van der Waals surface area contributed by atoms with Crippen molar-refractivity contribution in [3.8, 4) is 23.0 Å². The number of nitrogens with one attached hydrogen (secondary N) is 1. The van der Waals surface area contributed by atoms with Crippen LogP contribution in [0.5, 0.6) is 23.0 Å². The van der Waals surface area contributed by atoms with E-state index >= 15 is 0 Å². The van der Waals surface area contributed by atoms with Crippen LogP contribution in [-0.2, 0) is 11.3 Å². The van der Waals surface area contributed by atoms with Crippen LogP contribution in [0.15, 0.2) is 42.5 Å². The Bertz CT molecular complexity index is 1600. The fourth-order valence-corrected chi connectivity index (χ4v) is 5.32. The average molecular weight is 553 g/mol. The monoisotopic (exact) mass is 552 g/mol. The molecule has 196 valence electrons. The van der Waals surface area contributed by atoms with Gasteiger partial charge in [-0.05, 0) is 66.6 Å². The summed E-state index contributed by atoms with van der Waals surface area (Å²) in [4.78, 5) is 12.9. The average Bonchev–Trinajstić information content (AvgIpc) is 3.35. The number of nitrogens with zero attached hydrogens (tertiary/aromatic N) is 1. The first-order valence-corrected chi connectivity index (χ1v) is 12.5. The molecular formula is C29H26Cl2N2O5. The molecule has 38 heavy (non-hydrogen) atoms. The van der Waals surface area contributed by atoms with Crippen molar-refractivity contribution in [1.82, 2.24) is 4.57 Å². The fraction of sp³-hybridized carbons (Fsp3) is 0.207. The Labute approximate surface area is 230 Å². The number of methoxy groups -OCH3 is 4. The molecule has 1 aromatic heterocycles.